The van der Waals surface area contributed by atoms with Gasteiger partial charge >= 0.3 is 0 Å². The number of amides is 1. The maximum atomic E-state index is 12.2. The lowest BCUT2D eigenvalue weighted by Crippen LogP contribution is -2.43. The second-order valence-electron chi connectivity index (χ2n) is 5.16. The maximum Gasteiger partial charge on any atom is 0.234 e. The van der Waals surface area contributed by atoms with E-state index in [4.69, 9.17) is 9.47 Å². The monoisotopic (exact) mass is 292 g/mol. The number of hydrogen-bond donors (Lipinski definition) is 1. The molecule has 1 saturated heterocycles. The highest BCUT2D eigenvalue weighted by Gasteiger charge is 2.19. The summed E-state index contributed by atoms with van der Waals surface area (Å²) in [6, 6.07) is 7.81. The van der Waals surface area contributed by atoms with Crippen molar-refractivity contribution in [2.45, 2.75) is 19.4 Å². The first-order chi connectivity index (χ1) is 10.2. The summed E-state index contributed by atoms with van der Waals surface area (Å²) < 4.78 is 10.7. The highest BCUT2D eigenvalue weighted by atomic mass is 16.5. The number of nitrogens with one attached hydrogen (secondary N) is 1. The standard InChI is InChI=1S/C16H24N2O3/c1-3-14(13-6-4-5-7-15(13)20-2)17-16(19)12-18-8-10-21-11-9-18/h4-7,14H,3,8-12H2,1-2H3,(H,17,19). The molecule has 1 unspecified atom stereocenters. The van der Waals surface area contributed by atoms with Gasteiger partial charge in [0.25, 0.3) is 0 Å². The van der Waals surface area contributed by atoms with E-state index in [1.807, 2.05) is 24.3 Å². The van der Waals surface area contributed by atoms with E-state index in [2.05, 4.69) is 17.1 Å². The van der Waals surface area contributed by atoms with Gasteiger partial charge in [-0.15, -0.1) is 0 Å². The van der Waals surface area contributed by atoms with Gasteiger partial charge in [0.05, 0.1) is 32.9 Å². The molecule has 1 aromatic carbocycles. The van der Waals surface area contributed by atoms with E-state index >= 15 is 0 Å². The predicted octanol–water partition coefficient (Wildman–Crippen LogP) is 1.59. The fraction of sp³-hybridized carbons (Fsp3) is 0.562. The number of morpholine rings is 1. The van der Waals surface area contributed by atoms with Gasteiger partial charge in [-0.3, -0.25) is 9.69 Å². The van der Waals surface area contributed by atoms with Crippen LogP contribution in [0.15, 0.2) is 24.3 Å². The van der Waals surface area contributed by atoms with Crippen LogP contribution in [0.25, 0.3) is 0 Å². The van der Waals surface area contributed by atoms with Crippen LogP contribution in [-0.4, -0.2) is 50.8 Å². The van der Waals surface area contributed by atoms with Crippen LogP contribution in [0.4, 0.5) is 0 Å². The van der Waals surface area contributed by atoms with E-state index in [1.165, 1.54) is 0 Å². The molecule has 5 nitrogen and oxygen atoms in total. The van der Waals surface area contributed by atoms with Gasteiger partial charge in [-0.1, -0.05) is 25.1 Å². The Balaban J connectivity index is 1.96. The molecule has 0 bridgehead atoms. The van der Waals surface area contributed by atoms with E-state index in [0.29, 0.717) is 19.8 Å². The number of benzene rings is 1. The van der Waals surface area contributed by atoms with E-state index < -0.39 is 0 Å². The predicted molar refractivity (Wildman–Crippen MR) is 81.4 cm³/mol. The van der Waals surface area contributed by atoms with Crippen LogP contribution < -0.4 is 10.1 Å². The molecule has 1 atom stereocenters. The molecule has 0 radical (unpaired) electrons. The molecule has 0 spiro atoms. The molecule has 0 aromatic heterocycles. The Kier molecular flexibility index (Phi) is 6.02. The SMILES string of the molecule is CCC(NC(=O)CN1CCOCC1)c1ccccc1OC. The smallest absolute Gasteiger partial charge is 0.234 e. The Bertz CT molecular complexity index is 459. The molecule has 1 aliphatic rings. The van der Waals surface area contributed by atoms with Crippen LogP contribution in [0.2, 0.25) is 0 Å². The molecule has 5 heteroatoms. The number of hydrogen-bond acceptors (Lipinski definition) is 4. The van der Waals surface area contributed by atoms with Crippen LogP contribution in [-0.2, 0) is 9.53 Å². The molecular formula is C16H24N2O3. The molecule has 116 valence electrons. The van der Waals surface area contributed by atoms with Crippen molar-refractivity contribution in [1.82, 2.24) is 10.2 Å². The zero-order valence-corrected chi connectivity index (χ0v) is 12.8. The van der Waals surface area contributed by atoms with Crippen molar-refractivity contribution in [3.63, 3.8) is 0 Å². The Labute approximate surface area is 126 Å². The number of carbonyl (C=O) groups is 1. The molecule has 2 rings (SSSR count). The summed E-state index contributed by atoms with van der Waals surface area (Å²) in [4.78, 5) is 14.3. The minimum atomic E-state index is -0.0188. The second-order valence-corrected chi connectivity index (χ2v) is 5.16. The number of rotatable bonds is 6. The first-order valence-electron chi connectivity index (χ1n) is 7.47. The molecule has 0 aliphatic carbocycles. The molecule has 1 heterocycles. The van der Waals surface area contributed by atoms with Crippen LogP contribution >= 0.6 is 0 Å². The minimum Gasteiger partial charge on any atom is -0.496 e. The Morgan fingerprint density at radius 1 is 1.38 bits per heavy atom. The van der Waals surface area contributed by atoms with Crippen LogP contribution in [0.5, 0.6) is 5.75 Å². The highest BCUT2D eigenvalue weighted by Crippen LogP contribution is 2.26. The third-order valence-electron chi connectivity index (χ3n) is 3.73. The number of nitrogens with zero attached hydrogens (tertiary/aromatic N) is 1. The molecule has 1 aromatic rings. The van der Waals surface area contributed by atoms with Crippen molar-refractivity contribution >= 4 is 5.91 Å². The lowest BCUT2D eigenvalue weighted by atomic mass is 10.0. The van der Waals surface area contributed by atoms with E-state index in [1.54, 1.807) is 7.11 Å². The van der Waals surface area contributed by atoms with Gasteiger partial charge in [0.1, 0.15) is 5.75 Å². The molecule has 0 saturated carbocycles. The van der Waals surface area contributed by atoms with Crippen LogP contribution in [0, 0.1) is 0 Å². The topological polar surface area (TPSA) is 50.8 Å². The van der Waals surface area contributed by atoms with Crippen LogP contribution in [0.1, 0.15) is 24.9 Å². The zero-order chi connectivity index (χ0) is 15.1. The summed E-state index contributed by atoms with van der Waals surface area (Å²) >= 11 is 0. The van der Waals surface area contributed by atoms with Crippen molar-refractivity contribution in [3.05, 3.63) is 29.8 Å². The molecule has 21 heavy (non-hydrogen) atoms. The van der Waals surface area contributed by atoms with Gasteiger partial charge in [0.2, 0.25) is 5.91 Å². The molecule has 1 amide bonds. The summed E-state index contributed by atoms with van der Waals surface area (Å²) in [6.07, 6.45) is 0.829. The fourth-order valence-electron chi connectivity index (χ4n) is 2.56. The van der Waals surface area contributed by atoms with E-state index in [0.717, 1.165) is 30.8 Å². The van der Waals surface area contributed by atoms with Crippen molar-refractivity contribution in [3.8, 4) is 5.75 Å². The minimum absolute atomic E-state index is 0.0188. The van der Waals surface area contributed by atoms with Gasteiger partial charge < -0.3 is 14.8 Å². The largest absolute Gasteiger partial charge is 0.496 e. The van der Waals surface area contributed by atoms with Gasteiger partial charge in [0, 0.05) is 18.7 Å². The maximum absolute atomic E-state index is 12.2. The van der Waals surface area contributed by atoms with Crippen LogP contribution in [0.3, 0.4) is 0 Å². The lowest BCUT2D eigenvalue weighted by Gasteiger charge is -2.27. The summed E-state index contributed by atoms with van der Waals surface area (Å²) in [5, 5.41) is 3.10. The summed E-state index contributed by atoms with van der Waals surface area (Å²) in [7, 11) is 1.65. The average molecular weight is 292 g/mol. The second kappa shape index (κ2) is 8.00. The summed E-state index contributed by atoms with van der Waals surface area (Å²) in [5.41, 5.74) is 1.03. The first kappa shape index (κ1) is 15.8. The Hall–Kier alpha value is -1.59. The molecule has 1 aliphatic heterocycles. The van der Waals surface area contributed by atoms with Crippen molar-refractivity contribution in [2.75, 3.05) is 40.0 Å². The summed E-state index contributed by atoms with van der Waals surface area (Å²) in [5.74, 6) is 0.866. The quantitative estimate of drug-likeness (QED) is 0.865. The highest BCUT2D eigenvalue weighted by molar-refractivity contribution is 5.78. The van der Waals surface area contributed by atoms with E-state index in [9.17, 15) is 4.79 Å². The van der Waals surface area contributed by atoms with Crippen molar-refractivity contribution in [1.29, 1.82) is 0 Å². The van der Waals surface area contributed by atoms with E-state index in [-0.39, 0.29) is 11.9 Å². The Morgan fingerprint density at radius 2 is 2.10 bits per heavy atom. The van der Waals surface area contributed by atoms with Gasteiger partial charge in [-0.2, -0.15) is 0 Å². The van der Waals surface area contributed by atoms with Gasteiger partial charge in [-0.25, -0.2) is 0 Å². The Morgan fingerprint density at radius 3 is 2.76 bits per heavy atom. The lowest BCUT2D eigenvalue weighted by molar-refractivity contribution is -0.124. The third-order valence-corrected chi connectivity index (χ3v) is 3.73. The van der Waals surface area contributed by atoms with Gasteiger partial charge in [0.15, 0.2) is 0 Å². The van der Waals surface area contributed by atoms with Gasteiger partial charge in [-0.05, 0) is 12.5 Å². The zero-order valence-electron chi connectivity index (χ0n) is 12.8. The van der Waals surface area contributed by atoms with Crippen molar-refractivity contribution < 1.29 is 14.3 Å². The number of carbonyl (C=O) groups excluding carboxylic acids is 1. The number of methoxy groups -OCH3 is 1. The van der Waals surface area contributed by atoms with Crippen molar-refractivity contribution in [2.24, 2.45) is 0 Å². The number of para-hydroxylation sites is 1. The number of ether oxygens (including phenoxy) is 2. The summed E-state index contributed by atoms with van der Waals surface area (Å²) in [6.45, 7) is 5.53. The first-order valence-corrected chi connectivity index (χ1v) is 7.47. The normalized spacial score (nSPS) is 17.2. The third kappa shape index (κ3) is 4.44. The molecular weight excluding hydrogens is 268 g/mol. The molecule has 1 N–H and O–H groups in total. The molecule has 1 fully saturated rings. The fourth-order valence-corrected chi connectivity index (χ4v) is 2.56. The average Bonchev–Trinajstić information content (AvgIpc) is 2.53.